The Balaban J connectivity index is 1.66. The maximum atomic E-state index is 13.9. The predicted octanol–water partition coefficient (Wildman–Crippen LogP) is 5.66. The van der Waals surface area contributed by atoms with Crippen LogP contribution in [0.4, 0.5) is 10.5 Å². The second-order valence-corrected chi connectivity index (χ2v) is 11.4. The van der Waals surface area contributed by atoms with Gasteiger partial charge in [-0.05, 0) is 48.9 Å². The first-order chi connectivity index (χ1) is 23.4. The van der Waals surface area contributed by atoms with Crippen LogP contribution in [0.15, 0.2) is 116 Å². The number of allylic oxidation sites excluding steroid dienone is 2. The van der Waals surface area contributed by atoms with Gasteiger partial charge in [0.1, 0.15) is 6.10 Å². The molecule has 0 unspecified atom stereocenters. The summed E-state index contributed by atoms with van der Waals surface area (Å²) in [7, 11) is 1.33. The minimum Gasteiger partial charge on any atom is -0.455 e. The van der Waals surface area contributed by atoms with Crippen LogP contribution in [0.25, 0.3) is 0 Å². The minimum atomic E-state index is -1.41. The number of methoxy groups -OCH3 is 1. The van der Waals surface area contributed by atoms with Crippen LogP contribution in [0.5, 0.6) is 0 Å². The number of aliphatic hydroxyl groups excluding tert-OH is 1. The van der Waals surface area contributed by atoms with Crippen molar-refractivity contribution in [2.45, 2.75) is 56.4 Å². The molecule has 3 aromatic carbocycles. The molecule has 0 spiro atoms. The van der Waals surface area contributed by atoms with E-state index in [1.807, 2.05) is 60.7 Å². The van der Waals surface area contributed by atoms with Crippen LogP contribution in [-0.2, 0) is 46.1 Å². The molecule has 2 N–H and O–H groups in total. The number of nitrogens with one attached hydrogen (secondary N) is 1. The maximum Gasteiger partial charge on any atom is 0.412 e. The van der Waals surface area contributed by atoms with Crippen LogP contribution in [0.2, 0.25) is 0 Å². The first-order valence-electron chi connectivity index (χ1n) is 15.9. The van der Waals surface area contributed by atoms with Gasteiger partial charge in [-0.2, -0.15) is 0 Å². The maximum absolute atomic E-state index is 13.9. The Morgan fingerprint density at radius 1 is 0.750 bits per heavy atom. The molecule has 7 atom stereocenters. The molecular formula is C38H43NO9. The molecule has 1 saturated heterocycles. The lowest BCUT2D eigenvalue weighted by Crippen LogP contribution is -2.63. The Morgan fingerprint density at radius 3 is 1.69 bits per heavy atom. The van der Waals surface area contributed by atoms with E-state index in [1.165, 1.54) is 7.11 Å². The summed E-state index contributed by atoms with van der Waals surface area (Å²) in [6, 6.07) is 27.5. The van der Waals surface area contributed by atoms with Crippen molar-refractivity contribution < 1.29 is 43.2 Å². The lowest BCUT2D eigenvalue weighted by molar-refractivity contribution is -0.299. The van der Waals surface area contributed by atoms with Crippen LogP contribution in [0.3, 0.4) is 0 Å². The number of carbonyl (C=O) groups excluding carboxylic acids is 3. The van der Waals surface area contributed by atoms with Gasteiger partial charge < -0.3 is 28.8 Å². The SMILES string of the molecule is C=CC[C@H](Cc1ccccc1)C(=O)O[C@H]1[C@@H](OC(=O)[C@H](CC=C)Cc2ccccc2)[C@@H](CO)O[C@H](OC)[C@@H]1OC(=O)Nc1ccccc1. The Morgan fingerprint density at radius 2 is 1.23 bits per heavy atom. The predicted molar refractivity (Wildman–Crippen MR) is 180 cm³/mol. The van der Waals surface area contributed by atoms with E-state index in [0.29, 0.717) is 24.9 Å². The Labute approximate surface area is 281 Å². The zero-order valence-corrected chi connectivity index (χ0v) is 27.0. The van der Waals surface area contributed by atoms with Gasteiger partial charge in [-0.15, -0.1) is 13.2 Å². The molecule has 48 heavy (non-hydrogen) atoms. The van der Waals surface area contributed by atoms with Crippen molar-refractivity contribution in [3.63, 3.8) is 0 Å². The Kier molecular flexibility index (Phi) is 13.9. The fraction of sp³-hybridized carbons (Fsp3) is 0.342. The number of carbonyl (C=O) groups is 3. The van der Waals surface area contributed by atoms with Gasteiger partial charge in [0.25, 0.3) is 0 Å². The van der Waals surface area contributed by atoms with Crippen LogP contribution >= 0.6 is 0 Å². The lowest BCUT2D eigenvalue weighted by Gasteiger charge is -2.44. The van der Waals surface area contributed by atoms with Gasteiger partial charge in [0.2, 0.25) is 0 Å². The molecule has 1 aliphatic rings. The third-order valence-corrected chi connectivity index (χ3v) is 7.99. The monoisotopic (exact) mass is 657 g/mol. The van der Waals surface area contributed by atoms with Crippen molar-refractivity contribution in [2.24, 2.45) is 11.8 Å². The standard InChI is InChI=1S/C38H43NO9/c1-4-15-28(23-26-17-9-6-10-18-26)35(41)46-32-31(25-40)45-37(44-3)34(48-38(43)39-30-21-13-8-14-22-30)33(32)47-36(42)29(16-5-2)24-27-19-11-7-12-20-27/h4-14,17-22,28-29,31-34,37,40H,1-2,15-16,23-25H2,3H3,(H,39,43)/t28-,29-,31-,32+,33+,34-,37+/m1/s1. The molecule has 0 bridgehead atoms. The van der Waals surface area contributed by atoms with Crippen LogP contribution in [-0.4, -0.2) is 67.6 Å². The Bertz CT molecular complexity index is 1470. The smallest absolute Gasteiger partial charge is 0.412 e. The molecule has 10 nitrogen and oxygen atoms in total. The lowest BCUT2D eigenvalue weighted by atomic mass is 9.94. The van der Waals surface area contributed by atoms with Crippen molar-refractivity contribution in [1.29, 1.82) is 0 Å². The minimum absolute atomic E-state index is 0.289. The molecular weight excluding hydrogens is 614 g/mol. The number of aliphatic hydroxyl groups is 1. The van der Waals surface area contributed by atoms with E-state index >= 15 is 0 Å². The first kappa shape index (κ1) is 36.1. The number of amides is 1. The van der Waals surface area contributed by atoms with E-state index in [4.69, 9.17) is 23.7 Å². The number of hydrogen-bond acceptors (Lipinski definition) is 9. The third kappa shape index (κ3) is 10.1. The summed E-state index contributed by atoms with van der Waals surface area (Å²) in [5.41, 5.74) is 2.27. The molecule has 4 rings (SSSR count). The molecule has 3 aromatic rings. The topological polar surface area (TPSA) is 130 Å². The van der Waals surface area contributed by atoms with E-state index in [1.54, 1.807) is 42.5 Å². The number of ether oxygens (including phenoxy) is 5. The fourth-order valence-electron chi connectivity index (χ4n) is 5.60. The van der Waals surface area contributed by atoms with Crippen molar-refractivity contribution in [1.82, 2.24) is 0 Å². The molecule has 254 valence electrons. The molecule has 1 aliphatic heterocycles. The van der Waals surface area contributed by atoms with Crippen molar-refractivity contribution >= 4 is 23.7 Å². The van der Waals surface area contributed by atoms with Crippen molar-refractivity contribution in [2.75, 3.05) is 19.0 Å². The molecule has 10 heteroatoms. The molecule has 0 aliphatic carbocycles. The van der Waals surface area contributed by atoms with Gasteiger partial charge in [-0.25, -0.2) is 4.79 Å². The number of anilines is 1. The zero-order valence-electron chi connectivity index (χ0n) is 27.0. The number of rotatable bonds is 16. The average Bonchev–Trinajstić information content (AvgIpc) is 3.10. The largest absolute Gasteiger partial charge is 0.455 e. The molecule has 1 amide bonds. The second kappa shape index (κ2) is 18.5. The highest BCUT2D eigenvalue weighted by molar-refractivity contribution is 5.84. The highest BCUT2D eigenvalue weighted by Crippen LogP contribution is 2.32. The molecule has 0 aromatic heterocycles. The average molecular weight is 658 g/mol. The zero-order chi connectivity index (χ0) is 34.3. The van der Waals surface area contributed by atoms with Gasteiger partial charge in [0.05, 0.1) is 18.4 Å². The number of para-hydroxylation sites is 1. The normalized spacial score (nSPS) is 21.6. The molecule has 1 heterocycles. The summed E-state index contributed by atoms with van der Waals surface area (Å²) in [6.45, 7) is 6.99. The molecule has 0 radical (unpaired) electrons. The summed E-state index contributed by atoms with van der Waals surface area (Å²) in [5, 5.41) is 13.0. The van der Waals surface area contributed by atoms with Gasteiger partial charge in [0, 0.05) is 12.8 Å². The van der Waals surface area contributed by atoms with Gasteiger partial charge in [-0.1, -0.05) is 91.0 Å². The van der Waals surface area contributed by atoms with E-state index in [0.717, 1.165) is 11.1 Å². The number of benzene rings is 3. The second-order valence-electron chi connectivity index (χ2n) is 11.4. The Hall–Kier alpha value is -4.77. The van der Waals surface area contributed by atoms with Crippen molar-refractivity contribution in [3.8, 4) is 0 Å². The first-order valence-corrected chi connectivity index (χ1v) is 15.9. The van der Waals surface area contributed by atoms with E-state index < -0.39 is 67.2 Å². The summed E-state index contributed by atoms with van der Waals surface area (Å²) >= 11 is 0. The highest BCUT2D eigenvalue weighted by atomic mass is 16.7. The van der Waals surface area contributed by atoms with Crippen LogP contribution in [0.1, 0.15) is 24.0 Å². The van der Waals surface area contributed by atoms with Gasteiger partial charge >= 0.3 is 18.0 Å². The summed E-state index contributed by atoms with van der Waals surface area (Å²) in [6.07, 6.45) is -2.99. The fourth-order valence-corrected chi connectivity index (χ4v) is 5.60. The summed E-state index contributed by atoms with van der Waals surface area (Å²) < 4.78 is 29.4. The van der Waals surface area contributed by atoms with E-state index in [9.17, 15) is 19.5 Å². The van der Waals surface area contributed by atoms with Crippen LogP contribution < -0.4 is 5.32 Å². The van der Waals surface area contributed by atoms with Crippen LogP contribution in [0, 0.1) is 11.8 Å². The van der Waals surface area contributed by atoms with Crippen molar-refractivity contribution in [3.05, 3.63) is 127 Å². The third-order valence-electron chi connectivity index (χ3n) is 7.99. The number of esters is 2. The number of hydrogen-bond donors (Lipinski definition) is 2. The van der Waals surface area contributed by atoms with E-state index in [2.05, 4.69) is 18.5 Å². The molecule has 0 saturated carbocycles. The summed E-state index contributed by atoms with van der Waals surface area (Å²) in [5.74, 6) is -2.57. The highest BCUT2D eigenvalue weighted by Gasteiger charge is 2.53. The van der Waals surface area contributed by atoms with Gasteiger partial charge in [-0.3, -0.25) is 14.9 Å². The quantitative estimate of drug-likeness (QED) is 0.114. The van der Waals surface area contributed by atoms with Gasteiger partial charge in [0.15, 0.2) is 24.6 Å². The molecule has 1 fully saturated rings. The van der Waals surface area contributed by atoms with E-state index in [-0.39, 0.29) is 6.42 Å². The summed E-state index contributed by atoms with van der Waals surface area (Å²) in [4.78, 5) is 40.8.